The van der Waals surface area contributed by atoms with Gasteiger partial charge in [-0.25, -0.2) is 0 Å². The van der Waals surface area contributed by atoms with Gasteiger partial charge >= 0.3 is 0 Å². The fourth-order valence-corrected chi connectivity index (χ4v) is 2.20. The summed E-state index contributed by atoms with van der Waals surface area (Å²) < 4.78 is 6.00. The van der Waals surface area contributed by atoms with Crippen molar-refractivity contribution in [2.45, 2.75) is 13.5 Å². The molecule has 0 bridgehead atoms. The first-order chi connectivity index (χ1) is 9.06. The lowest BCUT2D eigenvalue weighted by Crippen LogP contribution is -2.28. The molecule has 19 heavy (non-hydrogen) atoms. The van der Waals surface area contributed by atoms with E-state index < -0.39 is 5.91 Å². The summed E-state index contributed by atoms with van der Waals surface area (Å²) in [5.74, 6) is 0.479. The number of aromatic nitrogens is 2. The minimum absolute atomic E-state index is 0.0753. The van der Waals surface area contributed by atoms with Gasteiger partial charge in [-0.15, -0.1) is 0 Å². The van der Waals surface area contributed by atoms with Crippen LogP contribution in [0.1, 0.15) is 11.5 Å². The molecule has 0 spiro atoms. The van der Waals surface area contributed by atoms with Crippen LogP contribution in [0.25, 0.3) is 11.4 Å². The summed E-state index contributed by atoms with van der Waals surface area (Å²) in [6, 6.07) is 5.88. The van der Waals surface area contributed by atoms with Crippen LogP contribution < -0.4 is 11.1 Å². The molecule has 0 unspecified atom stereocenters. The van der Waals surface area contributed by atoms with Gasteiger partial charge in [-0.3, -0.25) is 10.1 Å². The van der Waals surface area contributed by atoms with Crippen molar-refractivity contribution in [3.63, 3.8) is 0 Å². The maximum atomic E-state index is 10.6. The summed E-state index contributed by atoms with van der Waals surface area (Å²) in [6.07, 6.45) is 0. The number of benzene rings is 1. The zero-order valence-corrected chi connectivity index (χ0v) is 11.9. The summed E-state index contributed by atoms with van der Waals surface area (Å²) in [4.78, 5) is 14.8. The van der Waals surface area contributed by atoms with E-state index in [1.54, 1.807) is 0 Å². The van der Waals surface area contributed by atoms with Crippen molar-refractivity contribution in [3.05, 3.63) is 34.1 Å². The third-order valence-electron chi connectivity index (χ3n) is 2.41. The van der Waals surface area contributed by atoms with E-state index >= 15 is 0 Å². The van der Waals surface area contributed by atoms with Gasteiger partial charge in [0.25, 0.3) is 0 Å². The van der Waals surface area contributed by atoms with Gasteiger partial charge in [0.05, 0.1) is 13.1 Å². The lowest BCUT2D eigenvalue weighted by molar-refractivity contribution is -0.117. The Morgan fingerprint density at radius 3 is 3.00 bits per heavy atom. The number of hydrogen-bond donors (Lipinski definition) is 2. The van der Waals surface area contributed by atoms with Crippen molar-refractivity contribution in [1.29, 1.82) is 0 Å². The van der Waals surface area contributed by atoms with E-state index in [-0.39, 0.29) is 6.54 Å². The molecular formula is C12H13BrN4O2. The van der Waals surface area contributed by atoms with Gasteiger partial charge < -0.3 is 10.3 Å². The van der Waals surface area contributed by atoms with E-state index in [2.05, 4.69) is 31.4 Å². The molecule has 1 aromatic carbocycles. The third kappa shape index (κ3) is 3.62. The molecule has 2 rings (SSSR count). The number of nitrogens with one attached hydrogen (secondary N) is 1. The summed E-state index contributed by atoms with van der Waals surface area (Å²) in [5.41, 5.74) is 7.01. The van der Waals surface area contributed by atoms with Crippen molar-refractivity contribution < 1.29 is 9.32 Å². The number of hydrogen-bond acceptors (Lipinski definition) is 5. The second-order valence-corrected chi connectivity index (χ2v) is 4.92. The number of amides is 1. The van der Waals surface area contributed by atoms with Gasteiger partial charge in [0.2, 0.25) is 17.6 Å². The van der Waals surface area contributed by atoms with Crippen molar-refractivity contribution in [3.8, 4) is 11.4 Å². The molecule has 2 aromatic rings. The number of aryl methyl sites for hydroxylation is 1. The average molecular weight is 325 g/mol. The minimum atomic E-state index is -0.430. The number of halogens is 1. The van der Waals surface area contributed by atoms with E-state index in [1.165, 1.54) is 0 Å². The highest BCUT2D eigenvalue weighted by Gasteiger charge is 2.11. The summed E-state index contributed by atoms with van der Waals surface area (Å²) in [6.45, 7) is 2.38. The normalized spacial score (nSPS) is 10.6. The van der Waals surface area contributed by atoms with Crippen LogP contribution in [0.15, 0.2) is 27.2 Å². The summed E-state index contributed by atoms with van der Waals surface area (Å²) in [5, 5.41) is 6.71. The first kappa shape index (κ1) is 13.7. The monoisotopic (exact) mass is 324 g/mol. The van der Waals surface area contributed by atoms with E-state index in [1.807, 2.05) is 25.1 Å². The summed E-state index contributed by atoms with van der Waals surface area (Å²) in [7, 11) is 0. The second kappa shape index (κ2) is 5.94. The molecule has 7 heteroatoms. The number of carbonyl (C=O) groups is 1. The van der Waals surface area contributed by atoms with E-state index in [0.717, 1.165) is 15.6 Å². The highest BCUT2D eigenvalue weighted by Crippen LogP contribution is 2.26. The van der Waals surface area contributed by atoms with E-state index in [0.29, 0.717) is 18.3 Å². The molecular weight excluding hydrogens is 312 g/mol. The standard InChI is InChI=1S/C12H13BrN4O2/c1-7-2-3-8(9(13)4-7)12-16-11(19-17-12)6-15-5-10(14)18/h2-4,15H,5-6H2,1H3,(H2,14,18). The molecule has 0 aliphatic rings. The number of nitrogens with zero attached hydrogens (tertiary/aromatic N) is 2. The van der Waals surface area contributed by atoms with Crippen LogP contribution >= 0.6 is 15.9 Å². The Labute approximate surface area is 118 Å². The first-order valence-corrected chi connectivity index (χ1v) is 6.43. The van der Waals surface area contributed by atoms with Gasteiger partial charge in [0.15, 0.2) is 0 Å². The van der Waals surface area contributed by atoms with Gasteiger partial charge in [0, 0.05) is 10.0 Å². The van der Waals surface area contributed by atoms with Crippen LogP contribution in [-0.4, -0.2) is 22.6 Å². The van der Waals surface area contributed by atoms with Crippen LogP contribution in [0, 0.1) is 6.92 Å². The average Bonchev–Trinajstić information content (AvgIpc) is 2.77. The molecule has 1 amide bonds. The lowest BCUT2D eigenvalue weighted by atomic mass is 10.1. The van der Waals surface area contributed by atoms with Crippen molar-refractivity contribution in [2.75, 3.05) is 6.54 Å². The molecule has 6 nitrogen and oxygen atoms in total. The molecule has 1 aromatic heterocycles. The second-order valence-electron chi connectivity index (χ2n) is 4.06. The zero-order valence-electron chi connectivity index (χ0n) is 10.3. The van der Waals surface area contributed by atoms with E-state index in [4.69, 9.17) is 10.3 Å². The SMILES string of the molecule is Cc1ccc(-c2noc(CNCC(N)=O)n2)c(Br)c1. The van der Waals surface area contributed by atoms with Gasteiger partial charge in [-0.05, 0) is 24.6 Å². The Morgan fingerprint density at radius 2 is 2.32 bits per heavy atom. The fraction of sp³-hybridized carbons (Fsp3) is 0.250. The van der Waals surface area contributed by atoms with Crippen LogP contribution in [0.5, 0.6) is 0 Å². The van der Waals surface area contributed by atoms with Gasteiger partial charge in [-0.2, -0.15) is 4.98 Å². The molecule has 0 aliphatic heterocycles. The Hall–Kier alpha value is -1.73. The molecule has 0 atom stereocenters. The van der Waals surface area contributed by atoms with Gasteiger partial charge in [-0.1, -0.05) is 27.2 Å². The van der Waals surface area contributed by atoms with Gasteiger partial charge in [0.1, 0.15) is 0 Å². The quantitative estimate of drug-likeness (QED) is 0.866. The molecule has 100 valence electrons. The highest BCUT2D eigenvalue weighted by atomic mass is 79.9. The number of carbonyl (C=O) groups excluding carboxylic acids is 1. The van der Waals surface area contributed by atoms with Crippen molar-refractivity contribution in [1.82, 2.24) is 15.5 Å². The Balaban J connectivity index is 2.10. The molecule has 0 radical (unpaired) electrons. The van der Waals surface area contributed by atoms with Crippen LogP contribution in [0.4, 0.5) is 0 Å². The largest absolute Gasteiger partial charge is 0.369 e. The number of nitrogens with two attached hydrogens (primary N) is 1. The fourth-order valence-electron chi connectivity index (χ4n) is 1.53. The Morgan fingerprint density at radius 1 is 1.53 bits per heavy atom. The minimum Gasteiger partial charge on any atom is -0.369 e. The molecule has 0 fully saturated rings. The smallest absolute Gasteiger partial charge is 0.240 e. The van der Waals surface area contributed by atoms with E-state index in [9.17, 15) is 4.79 Å². The third-order valence-corrected chi connectivity index (χ3v) is 3.07. The lowest BCUT2D eigenvalue weighted by Gasteiger charge is -2.00. The van der Waals surface area contributed by atoms with Crippen LogP contribution in [0.3, 0.4) is 0 Å². The summed E-state index contributed by atoms with van der Waals surface area (Å²) >= 11 is 3.47. The molecule has 0 saturated carbocycles. The van der Waals surface area contributed by atoms with Crippen molar-refractivity contribution >= 4 is 21.8 Å². The van der Waals surface area contributed by atoms with Crippen LogP contribution in [0.2, 0.25) is 0 Å². The topological polar surface area (TPSA) is 94.0 Å². The number of primary amides is 1. The predicted molar refractivity (Wildman–Crippen MR) is 73.1 cm³/mol. The molecule has 0 saturated heterocycles. The van der Waals surface area contributed by atoms with Crippen molar-refractivity contribution in [2.24, 2.45) is 5.73 Å². The molecule has 0 aliphatic carbocycles. The predicted octanol–water partition coefficient (Wildman–Crippen LogP) is 1.38. The Kier molecular flexibility index (Phi) is 4.28. The van der Waals surface area contributed by atoms with Crippen LogP contribution in [-0.2, 0) is 11.3 Å². The Bertz CT molecular complexity index is 597. The number of rotatable bonds is 5. The molecule has 3 N–H and O–H groups in total. The maximum Gasteiger partial charge on any atom is 0.240 e. The first-order valence-electron chi connectivity index (χ1n) is 5.64. The maximum absolute atomic E-state index is 10.6. The highest BCUT2D eigenvalue weighted by molar-refractivity contribution is 9.10. The zero-order chi connectivity index (χ0) is 13.8. The molecule has 1 heterocycles.